The summed E-state index contributed by atoms with van der Waals surface area (Å²) in [5.41, 5.74) is 4.95. The highest BCUT2D eigenvalue weighted by molar-refractivity contribution is 4.94. The third-order valence-electron chi connectivity index (χ3n) is 1.27. The molecule has 0 aliphatic heterocycles. The molecule has 0 radical (unpaired) electrons. The smallest absolute Gasteiger partial charge is 0.101 e. The lowest BCUT2D eigenvalue weighted by atomic mass is 10.4. The van der Waals surface area contributed by atoms with Crippen LogP contribution in [0.1, 0.15) is 12.6 Å². The Labute approximate surface area is 60.8 Å². The second-order valence-electron chi connectivity index (χ2n) is 2.78. The molecule has 10 heavy (non-hydrogen) atoms. The van der Waals surface area contributed by atoms with E-state index in [0.717, 1.165) is 12.2 Å². The van der Waals surface area contributed by atoms with Crippen molar-refractivity contribution in [2.24, 2.45) is 0 Å². The van der Waals surface area contributed by atoms with E-state index in [1.165, 1.54) is 0 Å². The maximum Gasteiger partial charge on any atom is 0.101 e. The second kappa shape index (κ2) is 2.84. The van der Waals surface area contributed by atoms with Crippen LogP contribution in [0.15, 0.2) is 12.3 Å². The van der Waals surface area contributed by atoms with Gasteiger partial charge in [0.05, 0.1) is 12.2 Å². The van der Waals surface area contributed by atoms with E-state index in [1.807, 2.05) is 23.9 Å². The predicted octanol–water partition coefficient (Wildman–Crippen LogP) is -0.178. The normalized spacial score (nSPS) is 13.5. The number of nitrogens with zero attached hydrogens (tertiary/aromatic N) is 2. The first-order valence-corrected chi connectivity index (χ1v) is 3.51. The molecular formula is C7H14N3+. The van der Waals surface area contributed by atoms with Crippen LogP contribution in [0.2, 0.25) is 0 Å². The van der Waals surface area contributed by atoms with E-state index in [2.05, 4.69) is 17.8 Å². The molecule has 0 saturated heterocycles. The molecule has 1 atom stereocenters. The minimum atomic E-state index is 0.430. The number of aryl methyl sites for hydroxylation is 1. The quantitative estimate of drug-likeness (QED) is 0.608. The third kappa shape index (κ3) is 1.84. The highest BCUT2D eigenvalue weighted by atomic mass is 15.3. The number of aromatic nitrogens is 2. The summed E-state index contributed by atoms with van der Waals surface area (Å²) < 4.78 is 1.92. The first-order chi connectivity index (χ1) is 4.68. The predicted molar refractivity (Wildman–Crippen MR) is 39.3 cm³/mol. The average molecular weight is 140 g/mol. The third-order valence-corrected chi connectivity index (χ3v) is 1.27. The Morgan fingerprint density at radius 1 is 1.80 bits per heavy atom. The lowest BCUT2D eigenvalue weighted by Gasteiger charge is -2.00. The van der Waals surface area contributed by atoms with Crippen LogP contribution in [-0.2, 0) is 6.54 Å². The topological polar surface area (TPSA) is 45.5 Å². The van der Waals surface area contributed by atoms with Crippen LogP contribution in [-0.4, -0.2) is 15.8 Å². The fourth-order valence-corrected chi connectivity index (χ4v) is 0.884. The molecule has 0 spiro atoms. The maximum atomic E-state index is 4.23. The highest BCUT2D eigenvalue weighted by Gasteiger charge is 1.98. The summed E-state index contributed by atoms with van der Waals surface area (Å²) >= 11 is 0. The van der Waals surface area contributed by atoms with Crippen LogP contribution in [0.25, 0.3) is 0 Å². The van der Waals surface area contributed by atoms with Gasteiger partial charge in [-0.3, -0.25) is 4.68 Å². The van der Waals surface area contributed by atoms with Crippen LogP contribution < -0.4 is 5.73 Å². The molecule has 1 aromatic rings. The summed E-state index contributed by atoms with van der Waals surface area (Å²) in [4.78, 5) is 0. The summed E-state index contributed by atoms with van der Waals surface area (Å²) in [5.74, 6) is 0. The van der Waals surface area contributed by atoms with E-state index in [9.17, 15) is 0 Å². The molecule has 1 aromatic heterocycles. The SMILES string of the molecule is Cc1ccn(C[C@@H](C)[NH3+])n1. The van der Waals surface area contributed by atoms with Gasteiger partial charge < -0.3 is 5.73 Å². The lowest BCUT2D eigenvalue weighted by molar-refractivity contribution is -0.417. The Hall–Kier alpha value is -0.830. The van der Waals surface area contributed by atoms with Gasteiger partial charge in [0.25, 0.3) is 0 Å². The van der Waals surface area contributed by atoms with Crippen molar-refractivity contribution in [3.63, 3.8) is 0 Å². The molecule has 3 N–H and O–H groups in total. The summed E-state index contributed by atoms with van der Waals surface area (Å²) in [5, 5.41) is 4.23. The largest absolute Gasteiger partial charge is 0.354 e. The molecule has 0 unspecified atom stereocenters. The first kappa shape index (κ1) is 7.28. The van der Waals surface area contributed by atoms with Gasteiger partial charge in [-0.05, 0) is 19.9 Å². The van der Waals surface area contributed by atoms with E-state index >= 15 is 0 Å². The maximum absolute atomic E-state index is 4.23. The molecule has 0 bridgehead atoms. The van der Waals surface area contributed by atoms with E-state index in [-0.39, 0.29) is 0 Å². The zero-order valence-corrected chi connectivity index (χ0v) is 6.54. The molecule has 1 rings (SSSR count). The highest BCUT2D eigenvalue weighted by Crippen LogP contribution is 1.92. The molecule has 0 aromatic carbocycles. The fourth-order valence-electron chi connectivity index (χ4n) is 0.884. The summed E-state index contributed by atoms with van der Waals surface area (Å²) in [7, 11) is 0. The fraction of sp³-hybridized carbons (Fsp3) is 0.571. The van der Waals surface area contributed by atoms with Gasteiger partial charge in [0.15, 0.2) is 0 Å². The molecule has 56 valence electrons. The number of hydrogen-bond donors (Lipinski definition) is 1. The Kier molecular flexibility index (Phi) is 2.06. The average Bonchev–Trinajstić information content (AvgIpc) is 2.13. The Morgan fingerprint density at radius 3 is 2.90 bits per heavy atom. The van der Waals surface area contributed by atoms with Gasteiger partial charge in [0, 0.05) is 6.20 Å². The second-order valence-corrected chi connectivity index (χ2v) is 2.78. The molecule has 0 aliphatic carbocycles. The van der Waals surface area contributed by atoms with Crippen molar-refractivity contribution in [3.8, 4) is 0 Å². The van der Waals surface area contributed by atoms with E-state index in [0.29, 0.717) is 6.04 Å². The van der Waals surface area contributed by atoms with Gasteiger partial charge in [-0.1, -0.05) is 0 Å². The standard InChI is InChI=1S/C7H13N3/c1-6(8)5-10-4-3-7(2)9-10/h3-4,6H,5,8H2,1-2H3/p+1/t6-/m1/s1. The molecule has 1 heterocycles. The van der Waals surface area contributed by atoms with Gasteiger partial charge in [-0.15, -0.1) is 0 Å². The monoisotopic (exact) mass is 140 g/mol. The van der Waals surface area contributed by atoms with Crippen molar-refractivity contribution in [2.75, 3.05) is 0 Å². The zero-order chi connectivity index (χ0) is 7.56. The molecular weight excluding hydrogens is 126 g/mol. The minimum Gasteiger partial charge on any atom is -0.354 e. The molecule has 3 nitrogen and oxygen atoms in total. The van der Waals surface area contributed by atoms with Gasteiger partial charge in [0.1, 0.15) is 6.04 Å². The number of hydrogen-bond acceptors (Lipinski definition) is 1. The molecule has 0 amide bonds. The summed E-state index contributed by atoms with van der Waals surface area (Å²) in [6.07, 6.45) is 1.98. The zero-order valence-electron chi connectivity index (χ0n) is 6.54. The Morgan fingerprint density at radius 2 is 2.50 bits per heavy atom. The van der Waals surface area contributed by atoms with Crippen molar-refractivity contribution in [1.82, 2.24) is 9.78 Å². The first-order valence-electron chi connectivity index (χ1n) is 3.51. The summed E-state index contributed by atoms with van der Waals surface area (Å²) in [6.45, 7) is 4.98. The molecule has 0 saturated carbocycles. The minimum absolute atomic E-state index is 0.430. The lowest BCUT2D eigenvalue weighted by Crippen LogP contribution is -2.60. The molecule has 0 aliphatic rings. The van der Waals surface area contributed by atoms with Gasteiger partial charge in [-0.2, -0.15) is 5.10 Å². The van der Waals surface area contributed by atoms with E-state index in [4.69, 9.17) is 0 Å². The van der Waals surface area contributed by atoms with Crippen molar-refractivity contribution in [1.29, 1.82) is 0 Å². The van der Waals surface area contributed by atoms with Crippen molar-refractivity contribution in [2.45, 2.75) is 26.4 Å². The summed E-state index contributed by atoms with van der Waals surface area (Å²) in [6, 6.07) is 2.43. The van der Waals surface area contributed by atoms with Gasteiger partial charge in [0.2, 0.25) is 0 Å². The number of rotatable bonds is 2. The van der Waals surface area contributed by atoms with Crippen LogP contribution in [0, 0.1) is 6.92 Å². The Bertz CT molecular complexity index is 202. The number of quaternary nitrogens is 1. The van der Waals surface area contributed by atoms with Gasteiger partial charge in [-0.25, -0.2) is 0 Å². The molecule has 0 fully saturated rings. The Balaban J connectivity index is 2.58. The van der Waals surface area contributed by atoms with E-state index in [1.54, 1.807) is 0 Å². The van der Waals surface area contributed by atoms with Gasteiger partial charge >= 0.3 is 0 Å². The van der Waals surface area contributed by atoms with Crippen LogP contribution in [0.3, 0.4) is 0 Å². The van der Waals surface area contributed by atoms with Crippen LogP contribution >= 0.6 is 0 Å². The molecule has 3 heteroatoms. The van der Waals surface area contributed by atoms with Crippen LogP contribution in [0.4, 0.5) is 0 Å². The van der Waals surface area contributed by atoms with Crippen LogP contribution in [0.5, 0.6) is 0 Å². The van der Waals surface area contributed by atoms with Crippen molar-refractivity contribution in [3.05, 3.63) is 18.0 Å². The van der Waals surface area contributed by atoms with Crippen molar-refractivity contribution < 1.29 is 5.73 Å². The van der Waals surface area contributed by atoms with E-state index < -0.39 is 0 Å². The van der Waals surface area contributed by atoms with Crippen molar-refractivity contribution >= 4 is 0 Å².